The van der Waals surface area contributed by atoms with Crippen LogP contribution in [0.3, 0.4) is 0 Å². The highest BCUT2D eigenvalue weighted by molar-refractivity contribution is 7.77. The summed E-state index contributed by atoms with van der Waals surface area (Å²) in [5.41, 5.74) is -0.496. The van der Waals surface area contributed by atoms with Gasteiger partial charge >= 0.3 is 0 Å². The summed E-state index contributed by atoms with van der Waals surface area (Å²) in [4.78, 5) is 10.9. The molecular weight excluding hydrogens is 198 g/mol. The van der Waals surface area contributed by atoms with Crippen molar-refractivity contribution in [2.45, 2.75) is 51.6 Å². The molecule has 0 saturated carbocycles. The van der Waals surface area contributed by atoms with Crippen LogP contribution in [0.5, 0.6) is 0 Å². The Bertz CT molecular complexity index is 233. The topological polar surface area (TPSA) is 43.4 Å². The zero-order valence-electron chi connectivity index (χ0n) is 9.16. The van der Waals surface area contributed by atoms with E-state index >= 15 is 0 Å². The van der Waals surface area contributed by atoms with Crippen LogP contribution in [-0.2, 0) is 4.79 Å². The van der Waals surface area contributed by atoms with Crippen molar-refractivity contribution in [2.24, 2.45) is 5.92 Å². The number of aliphatic carboxylic acids is 1. The van der Waals surface area contributed by atoms with Gasteiger partial charge in [-0.25, -0.2) is 4.31 Å². The lowest BCUT2D eigenvalue weighted by molar-refractivity contribution is -0.314. The highest BCUT2D eigenvalue weighted by Gasteiger charge is 2.44. The first kappa shape index (κ1) is 11.9. The second-order valence-corrected chi connectivity index (χ2v) is 5.71. The van der Waals surface area contributed by atoms with E-state index in [1.54, 1.807) is 0 Å². The van der Waals surface area contributed by atoms with Gasteiger partial charge in [-0.2, -0.15) is 0 Å². The van der Waals surface area contributed by atoms with Gasteiger partial charge in [0.1, 0.15) is 0 Å². The largest absolute Gasteiger partial charge is 0.550 e. The first-order chi connectivity index (χ1) is 6.17. The number of nitrogens with zero attached hydrogens (tertiary/aromatic N) is 1. The highest BCUT2D eigenvalue weighted by atomic mass is 32.1. The van der Waals surface area contributed by atoms with Crippen LogP contribution in [0.1, 0.15) is 40.5 Å². The van der Waals surface area contributed by atoms with Crippen molar-refractivity contribution in [1.29, 1.82) is 0 Å². The first-order valence-corrected chi connectivity index (χ1v) is 5.22. The summed E-state index contributed by atoms with van der Waals surface area (Å²) in [6.45, 7) is 7.93. The summed E-state index contributed by atoms with van der Waals surface area (Å²) >= 11 is 5.32. The third-order valence-electron chi connectivity index (χ3n) is 2.92. The minimum atomic E-state index is -0.950. The van der Waals surface area contributed by atoms with Crippen LogP contribution in [0.4, 0.5) is 0 Å². The molecule has 14 heavy (non-hydrogen) atoms. The zero-order chi connectivity index (χ0) is 11.1. The number of piperidine rings is 1. The van der Waals surface area contributed by atoms with E-state index in [1.807, 2.05) is 32.0 Å². The van der Waals surface area contributed by atoms with E-state index in [9.17, 15) is 9.90 Å². The van der Waals surface area contributed by atoms with Crippen molar-refractivity contribution in [3.8, 4) is 0 Å². The molecule has 0 unspecified atom stereocenters. The molecule has 4 heteroatoms. The summed E-state index contributed by atoms with van der Waals surface area (Å²) in [5.74, 6) is -1.33. The molecule has 1 saturated heterocycles. The van der Waals surface area contributed by atoms with E-state index in [2.05, 4.69) is 0 Å². The normalized spacial score (nSPS) is 27.5. The molecule has 1 heterocycles. The summed E-state index contributed by atoms with van der Waals surface area (Å²) < 4.78 is 1.85. The van der Waals surface area contributed by atoms with Crippen LogP contribution < -0.4 is 5.11 Å². The van der Waals surface area contributed by atoms with Gasteiger partial charge in [-0.3, -0.25) is 0 Å². The average molecular weight is 215 g/mol. The third kappa shape index (κ3) is 2.06. The fraction of sp³-hybridized carbons (Fsp3) is 0.900. The fourth-order valence-electron chi connectivity index (χ4n) is 2.43. The maximum absolute atomic E-state index is 10.9. The minimum absolute atomic E-state index is 0.248. The van der Waals surface area contributed by atoms with Crippen molar-refractivity contribution < 1.29 is 9.90 Å². The molecule has 0 amide bonds. The van der Waals surface area contributed by atoms with Gasteiger partial charge in [0.05, 0.1) is 0 Å². The predicted molar refractivity (Wildman–Crippen MR) is 55.3 cm³/mol. The molecule has 0 aromatic heterocycles. The first-order valence-electron chi connectivity index (χ1n) is 4.85. The molecule has 81 valence electrons. The van der Waals surface area contributed by atoms with E-state index < -0.39 is 5.97 Å². The van der Waals surface area contributed by atoms with E-state index in [1.165, 1.54) is 0 Å². The molecule has 0 aliphatic carbocycles. The SMILES string of the molecule is CC1(C)CC(C(=O)[O-])CC(C)(C)N1[S]. The maximum Gasteiger partial charge on any atom is 0.0446 e. The van der Waals surface area contributed by atoms with Gasteiger partial charge in [-0.15, -0.1) is 0 Å². The van der Waals surface area contributed by atoms with Crippen molar-refractivity contribution in [3.05, 3.63) is 0 Å². The Morgan fingerprint density at radius 2 is 1.64 bits per heavy atom. The number of hydrogen-bond acceptors (Lipinski definition) is 3. The maximum atomic E-state index is 10.9. The Morgan fingerprint density at radius 3 is 1.93 bits per heavy atom. The van der Waals surface area contributed by atoms with Crippen LogP contribution in [0.2, 0.25) is 0 Å². The minimum Gasteiger partial charge on any atom is -0.550 e. The Morgan fingerprint density at radius 1 is 1.29 bits per heavy atom. The summed E-state index contributed by atoms with van der Waals surface area (Å²) in [6, 6.07) is 0. The quantitative estimate of drug-likeness (QED) is 0.658. The van der Waals surface area contributed by atoms with Gasteiger partial charge in [0.15, 0.2) is 0 Å². The smallest absolute Gasteiger partial charge is 0.0446 e. The number of hydrogen-bond donors (Lipinski definition) is 0. The molecule has 0 atom stereocenters. The van der Waals surface area contributed by atoms with Crippen LogP contribution in [0.25, 0.3) is 0 Å². The predicted octanol–water partition coefficient (Wildman–Crippen LogP) is 1.12. The number of carboxylic acids is 1. The third-order valence-corrected chi connectivity index (χ3v) is 3.91. The molecule has 0 spiro atoms. The molecular formula is C10H17NO2S-. The molecule has 0 aromatic rings. The number of carbonyl (C=O) groups excluding carboxylic acids is 1. The number of carbonyl (C=O) groups is 1. The van der Waals surface area contributed by atoms with Gasteiger partial charge in [-0.05, 0) is 40.5 Å². The zero-order valence-corrected chi connectivity index (χ0v) is 9.98. The molecule has 1 aliphatic rings. The number of carboxylic acid groups (broad SMARTS) is 1. The van der Waals surface area contributed by atoms with Crippen molar-refractivity contribution in [3.63, 3.8) is 0 Å². The van der Waals surface area contributed by atoms with Gasteiger partial charge in [0.2, 0.25) is 0 Å². The van der Waals surface area contributed by atoms with Gasteiger partial charge in [-0.1, -0.05) is 0 Å². The van der Waals surface area contributed by atoms with Gasteiger partial charge < -0.3 is 9.90 Å². The van der Waals surface area contributed by atoms with E-state index in [4.69, 9.17) is 12.8 Å². The Hall–Kier alpha value is -0.220. The average Bonchev–Trinajstić information content (AvgIpc) is 1.98. The lowest BCUT2D eigenvalue weighted by Gasteiger charge is -2.52. The van der Waals surface area contributed by atoms with Gasteiger partial charge in [0, 0.05) is 35.8 Å². The molecule has 0 N–H and O–H groups in total. The Balaban J connectivity index is 2.91. The van der Waals surface area contributed by atoms with Crippen LogP contribution in [0, 0.1) is 5.92 Å². The van der Waals surface area contributed by atoms with Crippen LogP contribution in [-0.4, -0.2) is 21.4 Å². The Kier molecular flexibility index (Phi) is 2.89. The van der Waals surface area contributed by atoms with Crippen molar-refractivity contribution in [2.75, 3.05) is 0 Å². The van der Waals surface area contributed by atoms with Crippen molar-refractivity contribution in [1.82, 2.24) is 4.31 Å². The fourth-order valence-corrected chi connectivity index (χ4v) is 2.58. The van der Waals surface area contributed by atoms with Gasteiger partial charge in [0.25, 0.3) is 0 Å². The lowest BCUT2D eigenvalue weighted by atomic mass is 9.76. The lowest BCUT2D eigenvalue weighted by Crippen LogP contribution is -2.58. The summed E-state index contributed by atoms with van der Waals surface area (Å²) in [7, 11) is 0. The Labute approximate surface area is 91.0 Å². The molecule has 0 aromatic carbocycles. The van der Waals surface area contributed by atoms with Crippen LogP contribution >= 0.6 is 12.8 Å². The molecule has 1 radical (unpaired) electrons. The monoisotopic (exact) mass is 215 g/mol. The molecule has 1 rings (SSSR count). The highest BCUT2D eigenvalue weighted by Crippen LogP contribution is 2.42. The number of rotatable bonds is 1. The standard InChI is InChI=1S/C10H18NO2S/c1-9(2)5-7(8(12)13)6-10(3,4)11(9)14/h7H,5-6H2,1-4H3,(H,12,13)/p-1. The molecule has 1 fully saturated rings. The second kappa shape index (κ2) is 3.42. The van der Waals surface area contributed by atoms with E-state index in [-0.39, 0.29) is 17.0 Å². The van der Waals surface area contributed by atoms with E-state index in [0.717, 1.165) is 0 Å². The van der Waals surface area contributed by atoms with Crippen molar-refractivity contribution >= 4 is 18.8 Å². The van der Waals surface area contributed by atoms with E-state index in [0.29, 0.717) is 12.8 Å². The molecule has 1 aliphatic heterocycles. The second-order valence-electron chi connectivity index (χ2n) is 5.34. The van der Waals surface area contributed by atoms with Crippen LogP contribution in [0.15, 0.2) is 0 Å². The summed E-state index contributed by atoms with van der Waals surface area (Å²) in [5, 5.41) is 10.9. The molecule has 3 nitrogen and oxygen atoms in total. The summed E-state index contributed by atoms with van der Waals surface area (Å²) in [6.07, 6.45) is 1.14. The molecule has 0 bridgehead atoms.